The van der Waals surface area contributed by atoms with E-state index in [-0.39, 0.29) is 0 Å². The molecule has 0 heterocycles. The number of hydrogen-bond donors (Lipinski definition) is 0. The summed E-state index contributed by atoms with van der Waals surface area (Å²) in [6, 6.07) is 0. The lowest BCUT2D eigenvalue weighted by atomic mass is 10.2. The van der Waals surface area contributed by atoms with Gasteiger partial charge in [-0.15, -0.1) is 5.73 Å². The van der Waals surface area contributed by atoms with Crippen LogP contribution in [0.4, 0.5) is 0 Å². The molecule has 0 aromatic rings. The summed E-state index contributed by atoms with van der Waals surface area (Å²) in [6.07, 6.45) is 3.06. The molecule has 8 heavy (non-hydrogen) atoms. The van der Waals surface area contributed by atoms with Crippen LogP contribution in [0, 0.1) is 12.0 Å². The third-order valence-electron chi connectivity index (χ3n) is 0.611. The number of allylic oxidation sites excluding steroid dienone is 1. The molecular formula is C8H13. The topological polar surface area (TPSA) is 0 Å². The summed E-state index contributed by atoms with van der Waals surface area (Å²) in [5.41, 5.74) is 4.20. The molecule has 0 aliphatic heterocycles. The molecule has 0 spiro atoms. The maximum atomic E-state index is 3.06. The lowest BCUT2D eigenvalue weighted by molar-refractivity contribution is 0.807. The monoisotopic (exact) mass is 109 g/mol. The van der Waals surface area contributed by atoms with E-state index in [2.05, 4.69) is 25.7 Å². The molecule has 0 bridgehead atoms. The summed E-state index contributed by atoms with van der Waals surface area (Å²) in [5.74, 6) is 0.505. The lowest BCUT2D eigenvalue weighted by Gasteiger charge is -1.85. The van der Waals surface area contributed by atoms with Crippen LogP contribution in [0.3, 0.4) is 0 Å². The van der Waals surface area contributed by atoms with E-state index in [4.69, 9.17) is 0 Å². The highest BCUT2D eigenvalue weighted by molar-refractivity contribution is 4.90. The molecule has 0 heteroatoms. The van der Waals surface area contributed by atoms with Gasteiger partial charge in [0, 0.05) is 6.08 Å². The molecule has 0 unspecified atom stereocenters. The summed E-state index contributed by atoms with van der Waals surface area (Å²) >= 11 is 0. The summed E-state index contributed by atoms with van der Waals surface area (Å²) in [6.45, 7) is 8.23. The first-order valence-corrected chi connectivity index (χ1v) is 2.94. The van der Waals surface area contributed by atoms with Crippen molar-refractivity contribution < 1.29 is 0 Å². The molecule has 45 valence electrons. The Bertz CT molecular complexity index is 108. The van der Waals surface area contributed by atoms with Crippen LogP contribution in [0.15, 0.2) is 11.3 Å². The highest BCUT2D eigenvalue weighted by Gasteiger charge is 1.80. The first-order chi connectivity index (χ1) is 3.63. The van der Waals surface area contributed by atoms with Gasteiger partial charge in [-0.2, -0.15) is 0 Å². The van der Waals surface area contributed by atoms with Crippen LogP contribution in [0.5, 0.6) is 0 Å². The Balaban J connectivity index is 3.82. The zero-order chi connectivity index (χ0) is 6.57. The second-order valence-corrected chi connectivity index (χ2v) is 2.42. The number of rotatable bonds is 1. The Labute approximate surface area is 51.9 Å². The van der Waals surface area contributed by atoms with Gasteiger partial charge in [0.2, 0.25) is 0 Å². The average Bonchev–Trinajstić information content (AvgIpc) is 1.61. The maximum Gasteiger partial charge on any atom is 0.00761 e. The molecule has 0 nitrogen and oxygen atoms in total. The van der Waals surface area contributed by atoms with Gasteiger partial charge in [-0.3, -0.25) is 0 Å². The Morgan fingerprint density at radius 1 is 1.25 bits per heavy atom. The van der Waals surface area contributed by atoms with Crippen molar-refractivity contribution in [1.29, 1.82) is 0 Å². The lowest BCUT2D eigenvalue weighted by Crippen LogP contribution is -1.75. The molecule has 0 amide bonds. The van der Waals surface area contributed by atoms with E-state index in [0.29, 0.717) is 5.92 Å². The fourth-order valence-electron chi connectivity index (χ4n) is 0.289. The van der Waals surface area contributed by atoms with Gasteiger partial charge in [0.05, 0.1) is 0 Å². The van der Waals surface area contributed by atoms with Crippen LogP contribution in [0.2, 0.25) is 0 Å². The second kappa shape index (κ2) is 3.51. The van der Waals surface area contributed by atoms with Crippen molar-refractivity contribution in [3.63, 3.8) is 0 Å². The molecule has 0 fully saturated rings. The Kier molecular flexibility index (Phi) is 3.30. The van der Waals surface area contributed by atoms with Gasteiger partial charge in [-0.05, 0) is 25.3 Å². The van der Waals surface area contributed by atoms with Gasteiger partial charge in [0.25, 0.3) is 0 Å². The molecule has 0 aliphatic carbocycles. The molecule has 0 rings (SSSR count). The van der Waals surface area contributed by atoms with Crippen LogP contribution < -0.4 is 0 Å². The molecule has 0 aromatic heterocycles. The maximum absolute atomic E-state index is 3.06. The predicted molar refractivity (Wildman–Crippen MR) is 36.5 cm³/mol. The zero-order valence-corrected chi connectivity index (χ0v) is 6.08. The minimum absolute atomic E-state index is 0.505. The number of hydrogen-bond acceptors (Lipinski definition) is 0. The highest BCUT2D eigenvalue weighted by atomic mass is 13.8. The summed E-state index contributed by atoms with van der Waals surface area (Å²) in [7, 11) is 0. The van der Waals surface area contributed by atoms with Gasteiger partial charge >= 0.3 is 0 Å². The average molecular weight is 109 g/mol. The first-order valence-electron chi connectivity index (χ1n) is 2.94. The van der Waals surface area contributed by atoms with Crippen LogP contribution in [-0.4, -0.2) is 0 Å². The Hall–Kier alpha value is -0.480. The van der Waals surface area contributed by atoms with Crippen molar-refractivity contribution in [1.82, 2.24) is 0 Å². The van der Waals surface area contributed by atoms with Gasteiger partial charge in [-0.1, -0.05) is 13.8 Å². The van der Waals surface area contributed by atoms with E-state index in [1.54, 1.807) is 0 Å². The van der Waals surface area contributed by atoms with E-state index < -0.39 is 0 Å². The van der Waals surface area contributed by atoms with E-state index >= 15 is 0 Å². The van der Waals surface area contributed by atoms with E-state index in [9.17, 15) is 0 Å². The largest absolute Gasteiger partial charge is 0.118 e. The van der Waals surface area contributed by atoms with E-state index in [1.807, 2.05) is 13.8 Å². The van der Waals surface area contributed by atoms with Crippen LogP contribution >= 0.6 is 0 Å². The van der Waals surface area contributed by atoms with Crippen molar-refractivity contribution >= 4 is 0 Å². The van der Waals surface area contributed by atoms with Crippen LogP contribution in [-0.2, 0) is 0 Å². The van der Waals surface area contributed by atoms with Crippen molar-refractivity contribution in [2.45, 2.75) is 27.7 Å². The molecule has 0 atom stereocenters. The molecule has 0 saturated carbocycles. The summed E-state index contributed by atoms with van der Waals surface area (Å²) in [5, 5.41) is 0. The van der Waals surface area contributed by atoms with Gasteiger partial charge in [0.15, 0.2) is 0 Å². The van der Waals surface area contributed by atoms with Gasteiger partial charge in [0.1, 0.15) is 0 Å². The van der Waals surface area contributed by atoms with Crippen molar-refractivity contribution in [3.05, 3.63) is 17.4 Å². The molecule has 0 N–H and O–H groups in total. The third-order valence-corrected chi connectivity index (χ3v) is 0.611. The molecule has 0 aliphatic rings. The van der Waals surface area contributed by atoms with Crippen molar-refractivity contribution in [3.8, 4) is 0 Å². The zero-order valence-electron chi connectivity index (χ0n) is 6.08. The van der Waals surface area contributed by atoms with E-state index in [1.165, 1.54) is 5.57 Å². The summed E-state index contributed by atoms with van der Waals surface area (Å²) in [4.78, 5) is 0. The van der Waals surface area contributed by atoms with Crippen molar-refractivity contribution in [2.75, 3.05) is 0 Å². The minimum atomic E-state index is 0.505. The van der Waals surface area contributed by atoms with Crippen LogP contribution in [0.25, 0.3) is 0 Å². The predicted octanol–water partition coefficient (Wildman–Crippen LogP) is 2.57. The smallest absolute Gasteiger partial charge is 0.00761 e. The summed E-state index contributed by atoms with van der Waals surface area (Å²) < 4.78 is 0. The van der Waals surface area contributed by atoms with Gasteiger partial charge in [-0.25, -0.2) is 0 Å². The standard InChI is InChI=1S/C8H13/c1-7(2)5-6-8(3)4/h7H,1-4H3. The fourth-order valence-corrected chi connectivity index (χ4v) is 0.289. The molecule has 1 radical (unpaired) electrons. The Morgan fingerprint density at radius 2 is 1.75 bits per heavy atom. The molecular weight excluding hydrogens is 96.1 g/mol. The third kappa shape index (κ3) is 5.52. The SMILES string of the molecule is CC(C)=C=[C]C(C)C. The first kappa shape index (κ1) is 7.52. The minimum Gasteiger partial charge on any atom is -0.118 e. The van der Waals surface area contributed by atoms with Gasteiger partial charge < -0.3 is 0 Å². The molecule has 0 aromatic carbocycles. The highest BCUT2D eigenvalue weighted by Crippen LogP contribution is 1.91. The normalized spacial score (nSPS) is 8.62. The fraction of sp³-hybridized carbons (Fsp3) is 0.625. The van der Waals surface area contributed by atoms with Crippen molar-refractivity contribution in [2.24, 2.45) is 5.92 Å². The van der Waals surface area contributed by atoms with Crippen LogP contribution in [0.1, 0.15) is 27.7 Å². The quantitative estimate of drug-likeness (QED) is 0.454. The second-order valence-electron chi connectivity index (χ2n) is 2.42. The van der Waals surface area contributed by atoms with E-state index in [0.717, 1.165) is 0 Å². The Morgan fingerprint density at radius 3 is 1.88 bits per heavy atom. The molecule has 0 saturated heterocycles.